The summed E-state index contributed by atoms with van der Waals surface area (Å²) in [6.45, 7) is 12.1. The molecule has 0 aliphatic heterocycles. The molecule has 0 radical (unpaired) electrons. The fraction of sp³-hybridized carbons (Fsp3) is 0.545. The molecule has 84 valence electrons. The number of aryl methyl sites for hydroxylation is 1. The van der Waals surface area contributed by atoms with Gasteiger partial charge in [-0.25, -0.2) is 5.10 Å². The van der Waals surface area contributed by atoms with E-state index in [1.807, 2.05) is 33.8 Å². The van der Waals surface area contributed by atoms with Crippen molar-refractivity contribution in [3.63, 3.8) is 0 Å². The van der Waals surface area contributed by atoms with Gasteiger partial charge in [0.1, 0.15) is 5.76 Å². The molecule has 0 saturated carbocycles. The molecular weight excluding hydrogens is 192 g/mol. The highest BCUT2D eigenvalue weighted by Gasteiger charge is 2.26. The van der Waals surface area contributed by atoms with E-state index in [1.54, 1.807) is 0 Å². The van der Waals surface area contributed by atoms with E-state index in [-0.39, 0.29) is 0 Å². The molecule has 4 nitrogen and oxygen atoms in total. The molecular formula is C11H18N2O2. The minimum absolute atomic E-state index is 0.561. The first-order chi connectivity index (χ1) is 6.95. The minimum Gasteiger partial charge on any atom is -0.495 e. The summed E-state index contributed by atoms with van der Waals surface area (Å²) in [5, 5.41) is 6.78. The van der Waals surface area contributed by atoms with Crippen LogP contribution in [0.15, 0.2) is 18.4 Å². The monoisotopic (exact) mass is 210 g/mol. The molecule has 1 aromatic heterocycles. The lowest BCUT2D eigenvalue weighted by molar-refractivity contribution is 0.0605. The Bertz CT molecular complexity index is 342. The fourth-order valence-corrected chi connectivity index (χ4v) is 1.13. The topological polar surface area (TPSA) is 47.1 Å². The zero-order valence-electron chi connectivity index (χ0n) is 9.76. The predicted molar refractivity (Wildman–Crippen MR) is 58.8 cm³/mol. The first-order valence-corrected chi connectivity index (χ1v) is 4.99. The number of rotatable bonds is 5. The van der Waals surface area contributed by atoms with Gasteiger partial charge >= 0.3 is 0 Å². The third kappa shape index (κ3) is 3.01. The van der Waals surface area contributed by atoms with Crippen molar-refractivity contribution in [1.82, 2.24) is 10.2 Å². The van der Waals surface area contributed by atoms with Gasteiger partial charge in [0, 0.05) is 6.07 Å². The summed E-state index contributed by atoms with van der Waals surface area (Å²) in [5.41, 5.74) is 0.331. The van der Waals surface area contributed by atoms with Crippen molar-refractivity contribution in [2.75, 3.05) is 6.61 Å². The molecule has 4 heteroatoms. The van der Waals surface area contributed by atoms with Crippen LogP contribution in [0.1, 0.15) is 26.5 Å². The average Bonchev–Trinajstić information content (AvgIpc) is 2.50. The van der Waals surface area contributed by atoms with Gasteiger partial charge in [-0.2, -0.15) is 5.10 Å². The molecule has 0 spiro atoms. The summed E-state index contributed by atoms with van der Waals surface area (Å²) >= 11 is 0. The number of aromatic amines is 1. The zero-order valence-corrected chi connectivity index (χ0v) is 9.76. The Hall–Kier alpha value is -1.45. The molecule has 1 N–H and O–H groups in total. The van der Waals surface area contributed by atoms with Crippen molar-refractivity contribution < 1.29 is 9.47 Å². The van der Waals surface area contributed by atoms with Crippen molar-refractivity contribution in [3.05, 3.63) is 24.1 Å². The second-order valence-electron chi connectivity index (χ2n) is 3.84. The quantitative estimate of drug-likeness (QED) is 0.759. The first kappa shape index (κ1) is 11.6. The summed E-state index contributed by atoms with van der Waals surface area (Å²) in [4.78, 5) is 0. The molecule has 1 rings (SSSR count). The van der Waals surface area contributed by atoms with Gasteiger partial charge in [-0.05, 0) is 27.7 Å². The Morgan fingerprint density at radius 1 is 1.60 bits per heavy atom. The van der Waals surface area contributed by atoms with Crippen LogP contribution in [0.4, 0.5) is 0 Å². The van der Waals surface area contributed by atoms with E-state index in [0.29, 0.717) is 18.2 Å². The molecule has 0 atom stereocenters. The SMILES string of the molecule is C=C(OCC)C(C)(C)Oc1cc(C)n[nH]1. The summed E-state index contributed by atoms with van der Waals surface area (Å²) < 4.78 is 11.0. The standard InChI is InChI=1S/C11H18N2O2/c1-6-14-9(3)11(4,5)15-10-7-8(2)12-13-10/h7H,3,6H2,1-2,4-5H3,(H,12,13). The van der Waals surface area contributed by atoms with Crippen molar-refractivity contribution in [2.24, 2.45) is 0 Å². The molecule has 0 fully saturated rings. The lowest BCUT2D eigenvalue weighted by atomic mass is 10.1. The number of hydrogen-bond acceptors (Lipinski definition) is 3. The zero-order chi connectivity index (χ0) is 11.5. The van der Waals surface area contributed by atoms with Crippen LogP contribution in [-0.4, -0.2) is 22.4 Å². The largest absolute Gasteiger partial charge is 0.495 e. The van der Waals surface area contributed by atoms with Gasteiger partial charge in [-0.1, -0.05) is 6.58 Å². The number of ether oxygens (including phenoxy) is 2. The van der Waals surface area contributed by atoms with Gasteiger partial charge < -0.3 is 9.47 Å². The van der Waals surface area contributed by atoms with E-state index in [9.17, 15) is 0 Å². The van der Waals surface area contributed by atoms with Crippen molar-refractivity contribution in [1.29, 1.82) is 0 Å². The van der Waals surface area contributed by atoms with E-state index in [4.69, 9.17) is 9.47 Å². The predicted octanol–water partition coefficient (Wildman–Crippen LogP) is 2.43. The van der Waals surface area contributed by atoms with Crippen LogP contribution in [0, 0.1) is 6.92 Å². The number of aromatic nitrogens is 2. The second kappa shape index (κ2) is 4.38. The van der Waals surface area contributed by atoms with E-state index in [0.717, 1.165) is 5.69 Å². The van der Waals surface area contributed by atoms with Crippen LogP contribution in [0.5, 0.6) is 5.88 Å². The number of nitrogens with zero attached hydrogens (tertiary/aromatic N) is 1. The number of nitrogens with one attached hydrogen (secondary N) is 1. The Morgan fingerprint density at radius 3 is 2.73 bits per heavy atom. The van der Waals surface area contributed by atoms with Crippen molar-refractivity contribution in [3.8, 4) is 5.88 Å². The summed E-state index contributed by atoms with van der Waals surface area (Å²) in [6, 6.07) is 1.83. The van der Waals surface area contributed by atoms with E-state index in [2.05, 4.69) is 16.8 Å². The van der Waals surface area contributed by atoms with E-state index >= 15 is 0 Å². The van der Waals surface area contributed by atoms with Gasteiger partial charge in [-0.15, -0.1) is 0 Å². The summed E-state index contributed by atoms with van der Waals surface area (Å²) in [5.74, 6) is 1.23. The van der Waals surface area contributed by atoms with Gasteiger partial charge in [0.05, 0.1) is 12.3 Å². The van der Waals surface area contributed by atoms with Crippen LogP contribution in [0.2, 0.25) is 0 Å². The van der Waals surface area contributed by atoms with Crippen LogP contribution < -0.4 is 4.74 Å². The molecule has 0 aliphatic carbocycles. The summed E-state index contributed by atoms with van der Waals surface area (Å²) in [6.07, 6.45) is 0. The lowest BCUT2D eigenvalue weighted by Gasteiger charge is -2.26. The highest BCUT2D eigenvalue weighted by atomic mass is 16.6. The molecule has 0 bridgehead atoms. The molecule has 0 amide bonds. The van der Waals surface area contributed by atoms with Crippen LogP contribution in [0.3, 0.4) is 0 Å². The lowest BCUT2D eigenvalue weighted by Crippen LogP contribution is -2.31. The maximum Gasteiger partial charge on any atom is 0.210 e. The van der Waals surface area contributed by atoms with Crippen LogP contribution >= 0.6 is 0 Å². The Kier molecular flexibility index (Phi) is 3.39. The van der Waals surface area contributed by atoms with Gasteiger partial charge in [0.15, 0.2) is 5.60 Å². The molecule has 0 saturated heterocycles. The number of hydrogen-bond donors (Lipinski definition) is 1. The molecule has 0 aliphatic rings. The Morgan fingerprint density at radius 2 is 2.27 bits per heavy atom. The summed E-state index contributed by atoms with van der Waals surface area (Å²) in [7, 11) is 0. The van der Waals surface area contributed by atoms with Crippen molar-refractivity contribution in [2.45, 2.75) is 33.3 Å². The fourth-order valence-electron chi connectivity index (χ4n) is 1.13. The Labute approximate surface area is 90.3 Å². The minimum atomic E-state index is -0.561. The highest BCUT2D eigenvalue weighted by Crippen LogP contribution is 2.23. The van der Waals surface area contributed by atoms with E-state index in [1.165, 1.54) is 0 Å². The maximum atomic E-state index is 5.69. The maximum absolute atomic E-state index is 5.69. The van der Waals surface area contributed by atoms with Crippen LogP contribution in [0.25, 0.3) is 0 Å². The molecule has 1 heterocycles. The normalized spacial score (nSPS) is 11.2. The Balaban J connectivity index is 2.67. The van der Waals surface area contributed by atoms with Gasteiger partial charge in [0.2, 0.25) is 5.88 Å². The average molecular weight is 210 g/mol. The van der Waals surface area contributed by atoms with Crippen molar-refractivity contribution >= 4 is 0 Å². The molecule has 0 unspecified atom stereocenters. The molecule has 15 heavy (non-hydrogen) atoms. The smallest absolute Gasteiger partial charge is 0.210 e. The number of H-pyrrole nitrogens is 1. The van der Waals surface area contributed by atoms with Crippen LogP contribution in [-0.2, 0) is 4.74 Å². The third-order valence-electron chi connectivity index (χ3n) is 2.04. The molecule has 1 aromatic rings. The third-order valence-corrected chi connectivity index (χ3v) is 2.04. The van der Waals surface area contributed by atoms with Gasteiger partial charge in [-0.3, -0.25) is 0 Å². The van der Waals surface area contributed by atoms with E-state index < -0.39 is 5.60 Å². The first-order valence-electron chi connectivity index (χ1n) is 4.99. The highest BCUT2D eigenvalue weighted by molar-refractivity contribution is 5.16. The molecule has 0 aromatic carbocycles. The van der Waals surface area contributed by atoms with Gasteiger partial charge in [0.25, 0.3) is 0 Å². The second-order valence-corrected chi connectivity index (χ2v) is 3.84.